The van der Waals surface area contributed by atoms with E-state index in [9.17, 15) is 3.67 Å². The molecule has 118 valence electrons. The molecule has 0 saturated heterocycles. The fourth-order valence-corrected chi connectivity index (χ4v) is 4.66. The number of halogens is 3. The first-order valence-electron chi connectivity index (χ1n) is 6.91. The predicted molar refractivity (Wildman–Crippen MR) is 78.3 cm³/mol. The van der Waals surface area contributed by atoms with Crippen LogP contribution in [0.1, 0.15) is 53.4 Å². The van der Waals surface area contributed by atoms with Crippen LogP contribution in [-0.4, -0.2) is 13.2 Å². The predicted octanol–water partition coefficient (Wildman–Crippen LogP) is 5.75. The van der Waals surface area contributed by atoms with E-state index in [0.29, 0.717) is 0 Å². The average Bonchev–Trinajstić information content (AvgIpc) is 2.30. The number of hydrogen-bond donors (Lipinski definition) is 0. The van der Waals surface area contributed by atoms with Crippen molar-refractivity contribution in [3.8, 4) is 0 Å². The van der Waals surface area contributed by atoms with Gasteiger partial charge in [0.25, 0.3) is 0 Å². The van der Waals surface area contributed by atoms with Gasteiger partial charge >= 0.3 is 129 Å². The summed E-state index contributed by atoms with van der Waals surface area (Å²) in [4.78, 5) is 0. The summed E-state index contributed by atoms with van der Waals surface area (Å²) in [5.41, 5.74) is 0. The van der Waals surface area contributed by atoms with Gasteiger partial charge in [-0.15, -0.1) is 0 Å². The van der Waals surface area contributed by atoms with Gasteiger partial charge < -0.3 is 0 Å². The van der Waals surface area contributed by atoms with Crippen LogP contribution >= 0.6 is 29.5 Å². The summed E-state index contributed by atoms with van der Waals surface area (Å²) in [6.45, 7) is 8.31. The van der Waals surface area contributed by atoms with Crippen LogP contribution < -0.4 is 0 Å². The average molecular weight is 376 g/mol. The Kier molecular flexibility index (Phi) is 7.39. The van der Waals surface area contributed by atoms with Crippen LogP contribution in [0.15, 0.2) is 0 Å². The van der Waals surface area contributed by atoms with Crippen molar-refractivity contribution in [2.24, 2.45) is 11.8 Å². The van der Waals surface area contributed by atoms with Gasteiger partial charge in [0, 0.05) is 0 Å². The summed E-state index contributed by atoms with van der Waals surface area (Å²) >= 11 is 0. The fourth-order valence-electron chi connectivity index (χ4n) is 1.59. The summed E-state index contributed by atoms with van der Waals surface area (Å²) in [5.74, 6) is 0.413. The molecule has 0 bridgehead atoms. The summed E-state index contributed by atoms with van der Waals surface area (Å²) in [6, 6.07) is 0. The van der Waals surface area contributed by atoms with Gasteiger partial charge in [0.05, 0.1) is 0 Å². The van der Waals surface area contributed by atoms with Crippen LogP contribution in [0.25, 0.3) is 0 Å². The first-order chi connectivity index (χ1) is 8.49. The topological polar surface area (TPSA) is 35.5 Å². The van der Waals surface area contributed by atoms with Crippen molar-refractivity contribution in [2.45, 2.75) is 53.4 Å². The summed E-state index contributed by atoms with van der Waals surface area (Å²) in [6.07, 6.45) is 3.49. The summed E-state index contributed by atoms with van der Waals surface area (Å²) in [5, 5.41) is 0. The molecule has 0 aromatic carbocycles. The molecule has 0 amide bonds. The third-order valence-electron chi connectivity index (χ3n) is 3.43. The first kappa shape index (κ1) is 20.2. The SMILES string of the molecule is CCC(CC)C[O][V](=[O])([Cl])([Cl])([Cl])[O]CC(CC)CC. The molecule has 0 aliphatic rings. The molecule has 0 aromatic rings. The van der Waals surface area contributed by atoms with E-state index in [1.54, 1.807) is 0 Å². The second-order valence-corrected chi connectivity index (χ2v) is 20.5. The Morgan fingerprint density at radius 2 is 1.05 bits per heavy atom. The molecule has 0 saturated carbocycles. The number of rotatable bonds is 10. The van der Waals surface area contributed by atoms with Crippen molar-refractivity contribution >= 4 is 29.5 Å². The van der Waals surface area contributed by atoms with Crippen LogP contribution in [0.4, 0.5) is 0 Å². The van der Waals surface area contributed by atoms with Crippen LogP contribution in [-0.2, 0) is 20.5 Å². The Labute approximate surface area is 128 Å². The van der Waals surface area contributed by atoms with Gasteiger partial charge in [0.2, 0.25) is 0 Å². The molecule has 0 rings (SSSR count). The van der Waals surface area contributed by atoms with Crippen molar-refractivity contribution in [2.75, 3.05) is 13.2 Å². The Balaban J connectivity index is 4.69. The minimum atomic E-state index is -6.38. The standard InChI is InChI=1S/2C6H13O.3ClH.O.V/c2*1-3-6(4-2)5-7;;;;;/h2*6H,3-5H2,1-2H3;3*1H;;/q2*-1;;;;;+5/p-3. The Bertz CT molecular complexity index is 321. The summed E-state index contributed by atoms with van der Waals surface area (Å²) < 4.78 is 22.9. The molecular formula is C12H26Cl3O3V. The molecule has 0 fully saturated rings. The van der Waals surface area contributed by atoms with E-state index in [1.807, 2.05) is 27.7 Å². The van der Waals surface area contributed by atoms with Gasteiger partial charge in [-0.25, -0.2) is 0 Å². The first-order valence-corrected chi connectivity index (χ1v) is 14.4. The molecule has 0 N–H and O–H groups in total. The van der Waals surface area contributed by atoms with Crippen LogP contribution in [0, 0.1) is 11.8 Å². The van der Waals surface area contributed by atoms with Gasteiger partial charge in [0.15, 0.2) is 0 Å². The zero-order valence-electron chi connectivity index (χ0n) is 12.2. The van der Waals surface area contributed by atoms with Crippen molar-refractivity contribution in [3.05, 3.63) is 0 Å². The molecule has 0 heterocycles. The molecule has 7 heteroatoms. The molecule has 0 unspecified atom stereocenters. The Morgan fingerprint density at radius 1 is 0.789 bits per heavy atom. The van der Waals surface area contributed by atoms with Crippen molar-refractivity contribution in [1.82, 2.24) is 0 Å². The molecule has 0 aliphatic carbocycles. The molecule has 0 aromatic heterocycles. The Morgan fingerprint density at radius 3 is 1.26 bits per heavy atom. The van der Waals surface area contributed by atoms with Crippen molar-refractivity contribution in [3.63, 3.8) is 0 Å². The second kappa shape index (κ2) is 6.96. The molecule has 0 radical (unpaired) electrons. The van der Waals surface area contributed by atoms with E-state index in [2.05, 4.69) is 0 Å². The normalized spacial score (nSPS) is 16.7. The quantitative estimate of drug-likeness (QED) is 0.487. The third kappa shape index (κ3) is 8.92. The maximum atomic E-state index is 12.6. The minimum absolute atomic E-state index is 0.135. The molecule has 0 spiro atoms. The number of hydrogen-bond acceptors (Lipinski definition) is 3. The van der Waals surface area contributed by atoms with E-state index in [-0.39, 0.29) is 25.0 Å². The van der Waals surface area contributed by atoms with Crippen molar-refractivity contribution in [1.29, 1.82) is 0 Å². The second-order valence-electron chi connectivity index (χ2n) is 4.99. The van der Waals surface area contributed by atoms with E-state index < -0.39 is 9.53 Å². The summed E-state index contributed by atoms with van der Waals surface area (Å²) in [7, 11) is 11.2. The van der Waals surface area contributed by atoms with Crippen molar-refractivity contribution < 1.29 is 20.5 Å². The molecular weight excluding hydrogens is 349 g/mol. The van der Waals surface area contributed by atoms with Gasteiger partial charge in [0.1, 0.15) is 0 Å². The zero-order valence-corrected chi connectivity index (χ0v) is 15.9. The molecule has 3 nitrogen and oxygen atoms in total. The molecule has 0 aliphatic heterocycles. The molecule has 0 atom stereocenters. The van der Waals surface area contributed by atoms with Gasteiger partial charge in [-0.2, -0.15) is 0 Å². The van der Waals surface area contributed by atoms with E-state index >= 15 is 0 Å². The van der Waals surface area contributed by atoms with Gasteiger partial charge in [-0.05, 0) is 0 Å². The van der Waals surface area contributed by atoms with Gasteiger partial charge in [-0.3, -0.25) is 0 Å². The fraction of sp³-hybridized carbons (Fsp3) is 1.00. The maximum absolute atomic E-state index is 12.6. The van der Waals surface area contributed by atoms with Gasteiger partial charge in [-0.1, -0.05) is 0 Å². The van der Waals surface area contributed by atoms with E-state index in [0.717, 1.165) is 25.7 Å². The van der Waals surface area contributed by atoms with Crippen LogP contribution in [0.5, 0.6) is 0 Å². The third-order valence-corrected chi connectivity index (χ3v) is 7.89. The van der Waals surface area contributed by atoms with E-state index in [4.69, 9.17) is 36.9 Å². The monoisotopic (exact) mass is 374 g/mol. The van der Waals surface area contributed by atoms with E-state index in [1.165, 1.54) is 0 Å². The molecule has 19 heavy (non-hydrogen) atoms. The van der Waals surface area contributed by atoms with Crippen LogP contribution in [0.2, 0.25) is 0 Å². The van der Waals surface area contributed by atoms with Crippen LogP contribution in [0.3, 0.4) is 0 Å². The Hall–Kier alpha value is 1.17. The zero-order chi connectivity index (χ0) is 15.2.